The quantitative estimate of drug-likeness (QED) is 0.323. The first kappa shape index (κ1) is 24.7. The summed E-state index contributed by atoms with van der Waals surface area (Å²) in [4.78, 5) is 20.8. The van der Waals surface area contributed by atoms with E-state index in [0.717, 1.165) is 44.3 Å². The summed E-state index contributed by atoms with van der Waals surface area (Å²) in [6.45, 7) is 12.4. The van der Waals surface area contributed by atoms with E-state index in [1.54, 1.807) is 13.3 Å². The average molecular weight is 505 g/mol. The van der Waals surface area contributed by atoms with Crippen LogP contribution in [0.25, 0.3) is 0 Å². The smallest absolute Gasteiger partial charge is 0.225 e. The van der Waals surface area contributed by atoms with Crippen molar-refractivity contribution in [2.45, 2.75) is 46.2 Å². The van der Waals surface area contributed by atoms with Crippen molar-refractivity contribution in [3.05, 3.63) is 24.2 Å². The summed E-state index contributed by atoms with van der Waals surface area (Å²) < 4.78 is 5.66. The summed E-state index contributed by atoms with van der Waals surface area (Å²) in [6.07, 6.45) is 2.66. The number of nitrogens with zero attached hydrogens (tertiary/aromatic N) is 3. The van der Waals surface area contributed by atoms with Crippen LogP contribution >= 0.6 is 24.0 Å². The van der Waals surface area contributed by atoms with Crippen molar-refractivity contribution < 1.29 is 9.21 Å². The van der Waals surface area contributed by atoms with Gasteiger partial charge in [-0.05, 0) is 31.6 Å². The summed E-state index contributed by atoms with van der Waals surface area (Å²) in [5.41, 5.74) is 0. The van der Waals surface area contributed by atoms with Gasteiger partial charge in [-0.3, -0.25) is 14.7 Å². The van der Waals surface area contributed by atoms with Gasteiger partial charge >= 0.3 is 0 Å². The van der Waals surface area contributed by atoms with Crippen LogP contribution in [0.1, 0.15) is 45.9 Å². The summed E-state index contributed by atoms with van der Waals surface area (Å²) >= 11 is 0. The molecule has 7 nitrogen and oxygen atoms in total. The van der Waals surface area contributed by atoms with E-state index in [-0.39, 0.29) is 47.9 Å². The number of guanidine groups is 1. The average Bonchev–Trinajstić information content (AvgIpc) is 3.35. The van der Waals surface area contributed by atoms with Crippen LogP contribution in [0, 0.1) is 5.92 Å². The molecule has 160 valence electrons. The van der Waals surface area contributed by atoms with Crippen molar-refractivity contribution >= 4 is 35.8 Å². The second-order valence-electron chi connectivity index (χ2n) is 7.27. The first-order valence-corrected chi connectivity index (χ1v) is 10.0. The first-order valence-electron chi connectivity index (χ1n) is 10.0. The standard InChI is InChI=1S/C20H35N5O2.HI/c1-6-24(7-2)17(18-9-8-12-27-18)13-22-20(21-5)23-16-10-11-25(14-16)19(26)15(3)4;/h8-9,12,15-17H,6-7,10-11,13-14H2,1-5H3,(H2,21,22,23);1H. The van der Waals surface area contributed by atoms with Crippen LogP contribution in [0.3, 0.4) is 0 Å². The summed E-state index contributed by atoms with van der Waals surface area (Å²) in [7, 11) is 1.78. The molecule has 1 aliphatic rings. The molecule has 0 spiro atoms. The van der Waals surface area contributed by atoms with Gasteiger partial charge in [0.2, 0.25) is 5.91 Å². The molecule has 1 saturated heterocycles. The van der Waals surface area contributed by atoms with E-state index in [1.165, 1.54) is 0 Å². The van der Waals surface area contributed by atoms with E-state index in [1.807, 2.05) is 30.9 Å². The Hall–Kier alpha value is -1.29. The van der Waals surface area contributed by atoms with E-state index in [0.29, 0.717) is 6.54 Å². The fraction of sp³-hybridized carbons (Fsp3) is 0.700. The molecule has 1 fully saturated rings. The molecule has 0 aliphatic carbocycles. The number of amides is 1. The maximum absolute atomic E-state index is 12.2. The predicted octanol–water partition coefficient (Wildman–Crippen LogP) is 2.70. The molecule has 2 N–H and O–H groups in total. The van der Waals surface area contributed by atoms with Crippen molar-refractivity contribution in [3.8, 4) is 0 Å². The topological polar surface area (TPSA) is 73.1 Å². The number of furan rings is 1. The molecule has 2 atom stereocenters. The van der Waals surface area contributed by atoms with E-state index >= 15 is 0 Å². The first-order chi connectivity index (χ1) is 13.0. The molecular formula is C20H36IN5O2. The molecule has 0 radical (unpaired) electrons. The molecule has 28 heavy (non-hydrogen) atoms. The second kappa shape index (κ2) is 12.3. The van der Waals surface area contributed by atoms with Crippen molar-refractivity contribution in [2.24, 2.45) is 10.9 Å². The van der Waals surface area contributed by atoms with Gasteiger partial charge in [0.1, 0.15) is 5.76 Å². The molecule has 1 aromatic heterocycles. The van der Waals surface area contributed by atoms with Gasteiger partial charge in [-0.25, -0.2) is 0 Å². The number of carbonyl (C=O) groups is 1. The highest BCUT2D eigenvalue weighted by Crippen LogP contribution is 2.20. The number of rotatable bonds is 8. The van der Waals surface area contributed by atoms with Crippen LogP contribution in [-0.4, -0.2) is 67.5 Å². The largest absolute Gasteiger partial charge is 0.468 e. The van der Waals surface area contributed by atoms with Gasteiger partial charge in [0, 0.05) is 38.6 Å². The van der Waals surface area contributed by atoms with E-state index < -0.39 is 0 Å². The highest BCUT2D eigenvalue weighted by Gasteiger charge is 2.28. The van der Waals surface area contributed by atoms with Crippen LogP contribution in [0.15, 0.2) is 27.8 Å². The lowest BCUT2D eigenvalue weighted by molar-refractivity contribution is -0.133. The SMILES string of the molecule is CCN(CC)C(CNC(=NC)NC1CCN(C(=O)C(C)C)C1)c1ccco1.I. The lowest BCUT2D eigenvalue weighted by Gasteiger charge is -2.29. The van der Waals surface area contributed by atoms with Gasteiger partial charge in [0.25, 0.3) is 0 Å². The molecule has 1 amide bonds. The Morgan fingerprint density at radius 2 is 2.11 bits per heavy atom. The van der Waals surface area contributed by atoms with E-state index in [9.17, 15) is 4.79 Å². The monoisotopic (exact) mass is 505 g/mol. The number of carbonyl (C=O) groups excluding carboxylic acids is 1. The minimum atomic E-state index is 0. The minimum Gasteiger partial charge on any atom is -0.468 e. The minimum absolute atomic E-state index is 0. The number of hydrogen-bond acceptors (Lipinski definition) is 4. The van der Waals surface area contributed by atoms with Crippen LogP contribution in [-0.2, 0) is 4.79 Å². The van der Waals surface area contributed by atoms with Gasteiger partial charge in [0.05, 0.1) is 12.3 Å². The van der Waals surface area contributed by atoms with Crippen molar-refractivity contribution in [3.63, 3.8) is 0 Å². The zero-order chi connectivity index (χ0) is 19.8. The molecule has 0 saturated carbocycles. The van der Waals surface area contributed by atoms with Crippen LogP contribution in [0.4, 0.5) is 0 Å². The van der Waals surface area contributed by atoms with Gasteiger partial charge in [-0.15, -0.1) is 24.0 Å². The zero-order valence-electron chi connectivity index (χ0n) is 17.8. The zero-order valence-corrected chi connectivity index (χ0v) is 20.1. The van der Waals surface area contributed by atoms with Crippen molar-refractivity contribution in [2.75, 3.05) is 39.8 Å². The number of hydrogen-bond donors (Lipinski definition) is 2. The number of aliphatic imine (C=N–C) groups is 1. The molecule has 2 heterocycles. The molecule has 0 aromatic carbocycles. The van der Waals surface area contributed by atoms with Gasteiger partial charge in [0.15, 0.2) is 5.96 Å². The summed E-state index contributed by atoms with van der Waals surface area (Å²) in [5.74, 6) is 1.99. The Balaban J connectivity index is 0.00000392. The lowest BCUT2D eigenvalue weighted by Crippen LogP contribution is -2.47. The number of halogens is 1. The molecule has 1 aromatic rings. The Kier molecular flexibility index (Phi) is 10.9. The normalized spacial score (nSPS) is 18.3. The van der Waals surface area contributed by atoms with Crippen LogP contribution in [0.2, 0.25) is 0 Å². The number of nitrogens with one attached hydrogen (secondary N) is 2. The highest BCUT2D eigenvalue weighted by molar-refractivity contribution is 14.0. The Morgan fingerprint density at radius 1 is 1.39 bits per heavy atom. The van der Waals surface area contributed by atoms with Crippen molar-refractivity contribution in [1.82, 2.24) is 20.4 Å². The van der Waals surface area contributed by atoms with Gasteiger partial charge < -0.3 is 20.0 Å². The molecule has 2 rings (SSSR count). The maximum Gasteiger partial charge on any atom is 0.225 e. The molecule has 1 aliphatic heterocycles. The molecular weight excluding hydrogens is 469 g/mol. The predicted molar refractivity (Wildman–Crippen MR) is 124 cm³/mol. The van der Waals surface area contributed by atoms with E-state index in [2.05, 4.69) is 34.4 Å². The fourth-order valence-electron chi connectivity index (χ4n) is 3.58. The highest BCUT2D eigenvalue weighted by atomic mass is 127. The lowest BCUT2D eigenvalue weighted by atomic mass is 10.2. The number of likely N-dealkylation sites (tertiary alicyclic amines) is 1. The van der Waals surface area contributed by atoms with Gasteiger partial charge in [-0.1, -0.05) is 27.7 Å². The van der Waals surface area contributed by atoms with Crippen LogP contribution in [0.5, 0.6) is 0 Å². The summed E-state index contributed by atoms with van der Waals surface area (Å²) in [5, 5.41) is 6.90. The Bertz CT molecular complexity index is 602. The molecule has 2 unspecified atom stereocenters. The van der Waals surface area contributed by atoms with E-state index in [4.69, 9.17) is 4.42 Å². The van der Waals surface area contributed by atoms with Gasteiger partial charge in [-0.2, -0.15) is 0 Å². The van der Waals surface area contributed by atoms with Crippen LogP contribution < -0.4 is 10.6 Å². The Labute approximate surface area is 186 Å². The number of likely N-dealkylation sites (N-methyl/N-ethyl adjacent to an activating group) is 1. The molecule has 8 heteroatoms. The summed E-state index contributed by atoms with van der Waals surface area (Å²) in [6, 6.07) is 4.33. The Morgan fingerprint density at radius 3 is 2.64 bits per heavy atom. The second-order valence-corrected chi connectivity index (χ2v) is 7.27. The fourth-order valence-corrected chi connectivity index (χ4v) is 3.58. The molecule has 0 bridgehead atoms. The third kappa shape index (κ3) is 6.65. The third-order valence-electron chi connectivity index (χ3n) is 5.15. The maximum atomic E-state index is 12.2. The van der Waals surface area contributed by atoms with Crippen molar-refractivity contribution in [1.29, 1.82) is 0 Å². The third-order valence-corrected chi connectivity index (χ3v) is 5.15.